The number of amides is 2. The quantitative estimate of drug-likeness (QED) is 0.318. The second kappa shape index (κ2) is 22.5. The van der Waals surface area contributed by atoms with Gasteiger partial charge < -0.3 is 16.2 Å². The van der Waals surface area contributed by atoms with E-state index in [-0.39, 0.29) is 18.2 Å². The fraction of sp³-hybridized carbons (Fsp3) is 0.857. The molecular formula is C21H42N2O4. The minimum absolute atomic E-state index is 0.181. The number of unbranched alkanes of at least 4 members (excludes halogenated alkanes) is 10. The van der Waals surface area contributed by atoms with Crippen LogP contribution < -0.4 is 11.1 Å². The summed E-state index contributed by atoms with van der Waals surface area (Å²) in [5, 5.41) is 10.7. The van der Waals surface area contributed by atoms with Crippen molar-refractivity contribution in [2.24, 2.45) is 5.73 Å². The first-order valence-electron chi connectivity index (χ1n) is 10.7. The highest BCUT2D eigenvalue weighted by atomic mass is 16.4. The van der Waals surface area contributed by atoms with Crippen molar-refractivity contribution in [3.8, 4) is 0 Å². The van der Waals surface area contributed by atoms with Gasteiger partial charge in [-0.1, -0.05) is 71.6 Å². The Balaban J connectivity index is 0. The number of nitrogens with one attached hydrogen (secondary N) is 1. The number of carboxylic acid groups (broad SMARTS) is 1. The molecule has 0 unspecified atom stereocenters. The topological polar surface area (TPSA) is 109 Å². The Morgan fingerprint density at radius 3 is 1.52 bits per heavy atom. The molecule has 0 aliphatic rings. The molecule has 0 aromatic rings. The summed E-state index contributed by atoms with van der Waals surface area (Å²) in [6, 6.07) is 0. The maximum absolute atomic E-state index is 11.5. The van der Waals surface area contributed by atoms with Crippen molar-refractivity contribution in [3.05, 3.63) is 0 Å². The molecule has 0 aromatic carbocycles. The number of carboxylic acids is 1. The second-order valence-corrected chi connectivity index (χ2v) is 6.95. The summed E-state index contributed by atoms with van der Waals surface area (Å²) in [5.41, 5.74) is 5.10. The van der Waals surface area contributed by atoms with E-state index < -0.39 is 5.97 Å². The highest BCUT2D eigenvalue weighted by Gasteiger charge is 2.00. The average molecular weight is 387 g/mol. The molecule has 4 N–H and O–H groups in total. The number of nitrogens with two attached hydrogens (primary N) is 1. The lowest BCUT2D eigenvalue weighted by molar-refractivity contribution is -0.136. The van der Waals surface area contributed by atoms with Crippen molar-refractivity contribution in [2.75, 3.05) is 6.54 Å². The number of carbonyl (C=O) groups excluding carboxylic acids is 2. The highest BCUT2D eigenvalue weighted by Crippen LogP contribution is 2.11. The standard InChI is InChI=1S/C18H36N2O2.C3H6O2/c1-2-3-16-20-18(22)15-13-11-9-7-5-4-6-8-10-12-14-17(19)21;1-2-3(4)5/h2-16H2,1H3,(H2,19,21)(H,20,22);2H2,1H3,(H,4,5). The molecule has 0 rings (SSSR count). The van der Waals surface area contributed by atoms with Crippen LogP contribution in [0.3, 0.4) is 0 Å². The molecule has 0 spiro atoms. The van der Waals surface area contributed by atoms with E-state index >= 15 is 0 Å². The van der Waals surface area contributed by atoms with Gasteiger partial charge in [-0.2, -0.15) is 0 Å². The predicted octanol–water partition coefficient (Wildman–Crippen LogP) is 4.55. The molecule has 0 bridgehead atoms. The van der Waals surface area contributed by atoms with Crippen LogP contribution in [0, 0.1) is 0 Å². The Kier molecular flexibility index (Phi) is 23.0. The molecule has 27 heavy (non-hydrogen) atoms. The first kappa shape index (κ1) is 27.6. The Morgan fingerprint density at radius 2 is 1.15 bits per heavy atom. The number of hydrogen-bond donors (Lipinski definition) is 3. The lowest BCUT2D eigenvalue weighted by Gasteiger charge is -2.04. The Hall–Kier alpha value is -1.59. The molecule has 0 fully saturated rings. The molecule has 0 aromatic heterocycles. The zero-order chi connectivity index (χ0) is 20.8. The number of carbonyl (C=O) groups is 3. The fourth-order valence-electron chi connectivity index (χ4n) is 2.49. The van der Waals surface area contributed by atoms with Crippen LogP contribution in [-0.2, 0) is 14.4 Å². The summed E-state index contributed by atoms with van der Waals surface area (Å²) in [4.78, 5) is 31.4. The lowest BCUT2D eigenvalue weighted by atomic mass is 10.0. The average Bonchev–Trinajstić information content (AvgIpc) is 2.63. The van der Waals surface area contributed by atoms with Crippen LogP contribution in [0.2, 0.25) is 0 Å². The third kappa shape index (κ3) is 29.4. The smallest absolute Gasteiger partial charge is 0.303 e. The van der Waals surface area contributed by atoms with Crippen molar-refractivity contribution >= 4 is 17.8 Å². The van der Waals surface area contributed by atoms with E-state index in [1.165, 1.54) is 44.9 Å². The van der Waals surface area contributed by atoms with Gasteiger partial charge in [-0.05, 0) is 19.3 Å². The van der Waals surface area contributed by atoms with Crippen LogP contribution in [0.5, 0.6) is 0 Å². The monoisotopic (exact) mass is 386 g/mol. The van der Waals surface area contributed by atoms with Crippen LogP contribution in [0.25, 0.3) is 0 Å². The van der Waals surface area contributed by atoms with Crippen molar-refractivity contribution in [2.45, 2.75) is 110 Å². The van der Waals surface area contributed by atoms with E-state index in [0.29, 0.717) is 12.8 Å². The van der Waals surface area contributed by atoms with Crippen molar-refractivity contribution in [1.82, 2.24) is 5.32 Å². The van der Waals surface area contributed by atoms with Crippen LogP contribution in [0.4, 0.5) is 0 Å². The van der Waals surface area contributed by atoms with Gasteiger partial charge in [0.25, 0.3) is 0 Å². The molecule has 0 saturated carbocycles. The molecule has 6 heteroatoms. The highest BCUT2D eigenvalue weighted by molar-refractivity contribution is 5.75. The van der Waals surface area contributed by atoms with Crippen LogP contribution in [0.1, 0.15) is 110 Å². The summed E-state index contributed by atoms with van der Waals surface area (Å²) in [7, 11) is 0. The maximum atomic E-state index is 11.5. The molecule has 0 heterocycles. The van der Waals surface area contributed by atoms with Gasteiger partial charge in [0.15, 0.2) is 0 Å². The number of hydrogen-bond acceptors (Lipinski definition) is 3. The van der Waals surface area contributed by atoms with Gasteiger partial charge in [-0.15, -0.1) is 0 Å². The van der Waals surface area contributed by atoms with Gasteiger partial charge in [0.1, 0.15) is 0 Å². The molecule has 0 saturated heterocycles. The molecule has 2 amide bonds. The lowest BCUT2D eigenvalue weighted by Crippen LogP contribution is -2.23. The summed E-state index contributed by atoms with van der Waals surface area (Å²) in [6.45, 7) is 4.56. The number of aliphatic carboxylic acids is 1. The zero-order valence-electron chi connectivity index (χ0n) is 17.6. The van der Waals surface area contributed by atoms with Crippen LogP contribution >= 0.6 is 0 Å². The normalized spacial score (nSPS) is 10.0. The van der Waals surface area contributed by atoms with Gasteiger partial charge in [-0.25, -0.2) is 0 Å². The van der Waals surface area contributed by atoms with E-state index in [0.717, 1.165) is 38.6 Å². The van der Waals surface area contributed by atoms with Crippen molar-refractivity contribution in [1.29, 1.82) is 0 Å². The molecule has 0 aliphatic carbocycles. The number of primary amides is 1. The maximum Gasteiger partial charge on any atom is 0.303 e. The largest absolute Gasteiger partial charge is 0.481 e. The zero-order valence-corrected chi connectivity index (χ0v) is 17.6. The molecule has 0 atom stereocenters. The third-order valence-corrected chi connectivity index (χ3v) is 4.23. The Labute approximate surface area is 165 Å². The van der Waals surface area contributed by atoms with Gasteiger partial charge in [0.05, 0.1) is 0 Å². The summed E-state index contributed by atoms with van der Waals surface area (Å²) in [6.07, 6.45) is 15.5. The minimum Gasteiger partial charge on any atom is -0.481 e. The van der Waals surface area contributed by atoms with Crippen LogP contribution in [-0.4, -0.2) is 29.4 Å². The summed E-state index contributed by atoms with van der Waals surface area (Å²) in [5.74, 6) is -0.714. The predicted molar refractivity (Wildman–Crippen MR) is 110 cm³/mol. The van der Waals surface area contributed by atoms with Crippen molar-refractivity contribution in [3.63, 3.8) is 0 Å². The van der Waals surface area contributed by atoms with E-state index in [1.54, 1.807) is 6.92 Å². The molecule has 0 aliphatic heterocycles. The van der Waals surface area contributed by atoms with Gasteiger partial charge in [0, 0.05) is 25.8 Å². The Morgan fingerprint density at radius 1 is 0.741 bits per heavy atom. The molecule has 0 radical (unpaired) electrons. The first-order valence-corrected chi connectivity index (χ1v) is 10.7. The molecule has 6 nitrogen and oxygen atoms in total. The van der Waals surface area contributed by atoms with Gasteiger partial charge >= 0.3 is 5.97 Å². The van der Waals surface area contributed by atoms with E-state index in [4.69, 9.17) is 10.8 Å². The SMILES string of the molecule is CCC(=O)O.CCCCNC(=O)CCCCCCCCCCCCC(N)=O. The fourth-order valence-corrected chi connectivity index (χ4v) is 2.49. The minimum atomic E-state index is -0.745. The summed E-state index contributed by atoms with van der Waals surface area (Å²) >= 11 is 0. The van der Waals surface area contributed by atoms with Gasteiger partial charge in [0.2, 0.25) is 11.8 Å². The molecule has 160 valence electrons. The number of rotatable bonds is 17. The van der Waals surface area contributed by atoms with E-state index in [1.807, 2.05) is 0 Å². The third-order valence-electron chi connectivity index (χ3n) is 4.23. The van der Waals surface area contributed by atoms with Crippen LogP contribution in [0.15, 0.2) is 0 Å². The summed E-state index contributed by atoms with van der Waals surface area (Å²) < 4.78 is 0. The van der Waals surface area contributed by atoms with E-state index in [2.05, 4.69) is 12.2 Å². The Bertz CT molecular complexity index is 373. The second-order valence-electron chi connectivity index (χ2n) is 6.95. The van der Waals surface area contributed by atoms with Crippen molar-refractivity contribution < 1.29 is 19.5 Å². The molecular weight excluding hydrogens is 344 g/mol. The van der Waals surface area contributed by atoms with E-state index in [9.17, 15) is 14.4 Å². The first-order chi connectivity index (χ1) is 12.9. The van der Waals surface area contributed by atoms with Gasteiger partial charge in [-0.3, -0.25) is 14.4 Å².